The number of hydrogen-bond donors (Lipinski definition) is 1. The standard InChI is InChI=1S/C16H13N5O4S/c1-7-4-9-14(26-7)17-8(2)21(15(9)23)20-5-10-12(18-19-13(10)22)11(6-20)16(24)25-3/h4-6H,1-3H3,(H,19,22). The van der Waals surface area contributed by atoms with Gasteiger partial charge in [-0.1, -0.05) is 0 Å². The Hall–Kier alpha value is -3.27. The summed E-state index contributed by atoms with van der Waals surface area (Å²) in [6.07, 6.45) is 2.84. The molecule has 0 fully saturated rings. The fourth-order valence-electron chi connectivity index (χ4n) is 2.86. The van der Waals surface area contributed by atoms with Gasteiger partial charge in [-0.25, -0.2) is 14.9 Å². The van der Waals surface area contributed by atoms with Crippen LogP contribution in [0.1, 0.15) is 21.1 Å². The highest BCUT2D eigenvalue weighted by molar-refractivity contribution is 7.18. The van der Waals surface area contributed by atoms with Crippen molar-refractivity contribution >= 4 is 27.5 Å². The van der Waals surface area contributed by atoms with Crippen LogP contribution in [0.15, 0.2) is 28.0 Å². The molecule has 0 aromatic carbocycles. The largest absolute Gasteiger partial charge is 0.465 e. The van der Waals surface area contributed by atoms with Crippen molar-refractivity contribution in [2.75, 3.05) is 7.11 Å². The van der Waals surface area contributed by atoms with Gasteiger partial charge in [0.25, 0.3) is 11.1 Å². The van der Waals surface area contributed by atoms with Gasteiger partial charge in [0.1, 0.15) is 21.9 Å². The number of methoxy groups -OCH3 is 1. The Morgan fingerprint density at radius 2 is 2.04 bits per heavy atom. The summed E-state index contributed by atoms with van der Waals surface area (Å²) in [4.78, 5) is 43.2. The molecule has 0 atom stereocenters. The highest BCUT2D eigenvalue weighted by Gasteiger charge is 2.23. The first kappa shape index (κ1) is 16.2. The molecule has 0 unspecified atom stereocenters. The summed E-state index contributed by atoms with van der Waals surface area (Å²) in [7, 11) is 1.23. The van der Waals surface area contributed by atoms with Crippen molar-refractivity contribution in [2.45, 2.75) is 13.8 Å². The lowest BCUT2D eigenvalue weighted by Crippen LogP contribution is -2.30. The van der Waals surface area contributed by atoms with Gasteiger partial charge in [0, 0.05) is 17.3 Å². The maximum absolute atomic E-state index is 13.0. The van der Waals surface area contributed by atoms with E-state index in [1.165, 1.54) is 40.2 Å². The normalized spacial score (nSPS) is 11.3. The zero-order valence-electron chi connectivity index (χ0n) is 14.1. The highest BCUT2D eigenvalue weighted by Crippen LogP contribution is 2.23. The van der Waals surface area contributed by atoms with Crippen molar-refractivity contribution < 1.29 is 9.53 Å². The molecule has 2 aromatic heterocycles. The lowest BCUT2D eigenvalue weighted by molar-refractivity contribution is 0.0600. The number of pyridine rings is 1. The predicted molar refractivity (Wildman–Crippen MR) is 95.0 cm³/mol. The third-order valence-electron chi connectivity index (χ3n) is 4.01. The van der Waals surface area contributed by atoms with Crippen molar-refractivity contribution in [3.63, 3.8) is 0 Å². The van der Waals surface area contributed by atoms with Crippen LogP contribution in [0.5, 0.6) is 0 Å². The van der Waals surface area contributed by atoms with Gasteiger partial charge in [0.15, 0.2) is 0 Å². The fourth-order valence-corrected chi connectivity index (χ4v) is 3.78. The van der Waals surface area contributed by atoms with Crippen LogP contribution < -0.4 is 11.1 Å². The quantitative estimate of drug-likeness (QED) is 0.529. The van der Waals surface area contributed by atoms with Crippen LogP contribution in [0.25, 0.3) is 21.5 Å². The van der Waals surface area contributed by atoms with Crippen molar-refractivity contribution in [1.29, 1.82) is 0 Å². The topological polar surface area (TPSA) is 112 Å². The van der Waals surface area contributed by atoms with E-state index in [-0.39, 0.29) is 22.4 Å². The Morgan fingerprint density at radius 3 is 2.77 bits per heavy atom. The maximum atomic E-state index is 13.0. The zero-order valence-corrected chi connectivity index (χ0v) is 14.9. The maximum Gasteiger partial charge on any atom is 0.341 e. The smallest absolute Gasteiger partial charge is 0.341 e. The number of aromatic amines is 1. The molecule has 10 heteroatoms. The number of ether oxygens (including phenoxy) is 1. The zero-order chi connectivity index (χ0) is 18.6. The lowest BCUT2D eigenvalue weighted by atomic mass is 10.1. The number of carbonyl (C=O) groups excluding carboxylic acids is 1. The first-order valence-corrected chi connectivity index (χ1v) is 8.41. The molecular formula is C16H13N5O4S. The summed E-state index contributed by atoms with van der Waals surface area (Å²) in [5.74, 6) is -0.248. The van der Waals surface area contributed by atoms with Crippen molar-refractivity contribution in [1.82, 2.24) is 24.5 Å². The molecule has 0 saturated heterocycles. The van der Waals surface area contributed by atoms with E-state index in [2.05, 4.69) is 15.2 Å². The van der Waals surface area contributed by atoms with E-state index in [4.69, 9.17) is 4.74 Å². The summed E-state index contributed by atoms with van der Waals surface area (Å²) in [5, 5.41) is 6.65. The number of fused-ring (bicyclic) bond motifs is 2. The van der Waals surface area contributed by atoms with E-state index >= 15 is 0 Å². The van der Waals surface area contributed by atoms with Crippen LogP contribution in [0.2, 0.25) is 0 Å². The second-order valence-electron chi connectivity index (χ2n) is 5.71. The molecule has 2 aromatic rings. The fraction of sp³-hybridized carbons (Fsp3) is 0.188. The number of H-pyrrole nitrogens is 1. The highest BCUT2D eigenvalue weighted by atomic mass is 32.1. The van der Waals surface area contributed by atoms with Crippen LogP contribution in [-0.4, -0.2) is 37.6 Å². The first-order chi connectivity index (χ1) is 12.4. The third kappa shape index (κ3) is 2.26. The summed E-state index contributed by atoms with van der Waals surface area (Å²) < 4.78 is 7.43. The molecule has 4 heterocycles. The average molecular weight is 371 g/mol. The summed E-state index contributed by atoms with van der Waals surface area (Å²) >= 11 is 1.43. The Kier molecular flexibility index (Phi) is 3.51. The van der Waals surface area contributed by atoms with E-state index in [0.717, 1.165) is 4.88 Å². The first-order valence-electron chi connectivity index (χ1n) is 7.60. The number of thiophene rings is 1. The molecular weight excluding hydrogens is 358 g/mol. The minimum atomic E-state index is -0.665. The number of aromatic nitrogens is 5. The number of nitrogens with zero attached hydrogens (tertiary/aromatic N) is 4. The lowest BCUT2D eigenvalue weighted by Gasteiger charge is -2.15. The Balaban J connectivity index is 2.09. The van der Waals surface area contributed by atoms with E-state index < -0.39 is 11.5 Å². The minimum Gasteiger partial charge on any atom is -0.465 e. The molecule has 26 heavy (non-hydrogen) atoms. The predicted octanol–water partition coefficient (Wildman–Crippen LogP) is 1.16. The third-order valence-corrected chi connectivity index (χ3v) is 4.96. The molecule has 0 spiro atoms. The number of esters is 1. The number of aryl methyl sites for hydroxylation is 2. The Labute approximate surface area is 149 Å². The molecule has 0 radical (unpaired) electrons. The van der Waals surface area contributed by atoms with Gasteiger partial charge in [-0.2, -0.15) is 9.77 Å². The molecule has 0 amide bonds. The van der Waals surface area contributed by atoms with E-state index in [1.54, 1.807) is 13.0 Å². The van der Waals surface area contributed by atoms with Gasteiger partial charge in [-0.3, -0.25) is 14.3 Å². The number of rotatable bonds is 2. The molecule has 1 N–H and O–H groups in total. The van der Waals surface area contributed by atoms with Gasteiger partial charge in [-0.05, 0) is 19.9 Å². The van der Waals surface area contributed by atoms with Crippen LogP contribution in [0.3, 0.4) is 0 Å². The van der Waals surface area contributed by atoms with Gasteiger partial charge in [0.2, 0.25) is 0 Å². The molecule has 0 bridgehead atoms. The summed E-state index contributed by atoms with van der Waals surface area (Å²) in [5.41, 5.74) is -0.347. The molecule has 4 rings (SSSR count). The molecule has 0 aliphatic carbocycles. The molecule has 2 aliphatic rings. The van der Waals surface area contributed by atoms with Crippen LogP contribution >= 0.6 is 11.3 Å². The van der Waals surface area contributed by atoms with Crippen LogP contribution in [0, 0.1) is 13.8 Å². The number of carbonyl (C=O) groups is 1. The Bertz CT molecular complexity index is 1260. The summed E-state index contributed by atoms with van der Waals surface area (Å²) in [6.45, 7) is 3.58. The van der Waals surface area contributed by atoms with Gasteiger partial charge in [-0.15, -0.1) is 11.3 Å². The number of hydrogen-bond acceptors (Lipinski definition) is 7. The second-order valence-corrected chi connectivity index (χ2v) is 6.95. The van der Waals surface area contributed by atoms with Gasteiger partial charge in [0.05, 0.1) is 18.1 Å². The molecule has 2 aliphatic heterocycles. The summed E-state index contributed by atoms with van der Waals surface area (Å²) in [6, 6.07) is 1.77. The second kappa shape index (κ2) is 5.63. The molecule has 132 valence electrons. The van der Waals surface area contributed by atoms with E-state index in [9.17, 15) is 14.4 Å². The SMILES string of the molecule is COC(=O)c1cn(-n2c(C)nc3sc(C)cc3c2=O)cc2c(=O)[nH]nc1-2. The van der Waals surface area contributed by atoms with Crippen LogP contribution in [-0.2, 0) is 4.74 Å². The van der Waals surface area contributed by atoms with E-state index in [1.807, 2.05) is 6.92 Å². The van der Waals surface area contributed by atoms with Crippen molar-refractivity contribution in [3.05, 3.63) is 55.4 Å². The van der Waals surface area contributed by atoms with Crippen molar-refractivity contribution in [3.8, 4) is 11.3 Å². The number of nitrogens with one attached hydrogen (secondary N) is 1. The van der Waals surface area contributed by atoms with Gasteiger partial charge >= 0.3 is 5.97 Å². The monoisotopic (exact) mass is 371 g/mol. The molecule has 0 saturated carbocycles. The Morgan fingerprint density at radius 1 is 1.27 bits per heavy atom. The average Bonchev–Trinajstić information content (AvgIpc) is 3.16. The van der Waals surface area contributed by atoms with Crippen LogP contribution in [0.4, 0.5) is 0 Å². The minimum absolute atomic E-state index is 0.0660. The van der Waals surface area contributed by atoms with Crippen molar-refractivity contribution in [2.24, 2.45) is 0 Å². The molecule has 9 nitrogen and oxygen atoms in total. The van der Waals surface area contributed by atoms with Gasteiger partial charge < -0.3 is 4.74 Å². The van der Waals surface area contributed by atoms with E-state index in [0.29, 0.717) is 16.0 Å².